The lowest BCUT2D eigenvalue weighted by atomic mass is 9.81. The van der Waals surface area contributed by atoms with E-state index in [1.54, 1.807) is 12.1 Å². The van der Waals surface area contributed by atoms with E-state index in [1.807, 2.05) is 0 Å². The number of carbonyl (C=O) groups is 1. The molecular formula is C16H24N4O3S. The van der Waals surface area contributed by atoms with Gasteiger partial charge >= 0.3 is 0 Å². The van der Waals surface area contributed by atoms with Crippen molar-refractivity contribution in [3.05, 3.63) is 29.8 Å². The predicted molar refractivity (Wildman–Crippen MR) is 90.3 cm³/mol. The molecule has 3 unspecified atom stereocenters. The summed E-state index contributed by atoms with van der Waals surface area (Å²) >= 11 is 0. The molecule has 1 aliphatic carbocycles. The first-order valence-electron chi connectivity index (χ1n) is 8.35. The Kier molecular flexibility index (Phi) is 5.19. The topological polar surface area (TPSA) is 113 Å². The largest absolute Gasteiger partial charge is 0.354 e. The fraction of sp³-hybridized carbons (Fsp3) is 0.562. The van der Waals surface area contributed by atoms with Crippen molar-refractivity contribution < 1.29 is 13.2 Å². The van der Waals surface area contributed by atoms with Gasteiger partial charge in [-0.15, -0.1) is 0 Å². The Bertz CT molecular complexity index is 690. The highest BCUT2D eigenvalue weighted by atomic mass is 32.2. The monoisotopic (exact) mass is 352 g/mol. The number of hydrogen-bond acceptors (Lipinski definition) is 5. The first-order chi connectivity index (χ1) is 11.4. The Morgan fingerprint density at radius 2 is 1.88 bits per heavy atom. The number of rotatable bonds is 5. The summed E-state index contributed by atoms with van der Waals surface area (Å²) in [4.78, 5) is 12.5. The van der Waals surface area contributed by atoms with E-state index < -0.39 is 10.0 Å². The van der Waals surface area contributed by atoms with E-state index >= 15 is 0 Å². The number of amides is 1. The van der Waals surface area contributed by atoms with E-state index in [4.69, 9.17) is 5.14 Å². The number of nitrogens with two attached hydrogens (primary N) is 1. The zero-order chi connectivity index (χ0) is 17.2. The van der Waals surface area contributed by atoms with Crippen LogP contribution in [0.15, 0.2) is 29.2 Å². The molecule has 132 valence electrons. The maximum absolute atomic E-state index is 12.4. The number of primary sulfonamides is 1. The molecular weight excluding hydrogens is 328 g/mol. The summed E-state index contributed by atoms with van der Waals surface area (Å²) < 4.78 is 22.4. The van der Waals surface area contributed by atoms with E-state index in [-0.39, 0.29) is 16.8 Å². The molecule has 1 aromatic carbocycles. The van der Waals surface area contributed by atoms with Crippen LogP contribution in [-0.2, 0) is 21.2 Å². The number of nitrogens with one attached hydrogen (secondary N) is 3. The van der Waals surface area contributed by atoms with Crippen LogP contribution in [0.1, 0.15) is 31.2 Å². The molecule has 24 heavy (non-hydrogen) atoms. The average molecular weight is 352 g/mol. The molecule has 1 aliphatic heterocycles. The highest BCUT2D eigenvalue weighted by molar-refractivity contribution is 7.89. The molecule has 1 aromatic rings. The van der Waals surface area contributed by atoms with E-state index in [0.717, 1.165) is 18.4 Å². The van der Waals surface area contributed by atoms with Crippen LogP contribution in [0.5, 0.6) is 0 Å². The summed E-state index contributed by atoms with van der Waals surface area (Å²) in [6.07, 6.45) is 5.25. The summed E-state index contributed by atoms with van der Waals surface area (Å²) in [5.74, 6) is 0.394. The normalized spacial score (nSPS) is 26.8. The van der Waals surface area contributed by atoms with Gasteiger partial charge in [-0.1, -0.05) is 25.0 Å². The van der Waals surface area contributed by atoms with E-state index in [9.17, 15) is 13.2 Å². The first kappa shape index (κ1) is 17.3. The van der Waals surface area contributed by atoms with E-state index in [1.165, 1.54) is 25.0 Å². The molecule has 0 radical (unpaired) electrons. The molecule has 7 nitrogen and oxygen atoms in total. The lowest BCUT2D eigenvalue weighted by Crippen LogP contribution is -2.46. The SMILES string of the molecule is NS(=O)(=O)c1ccc(CCNC(=O)C2NNC3CCCCC32)cc1. The second-order valence-corrected chi connectivity index (χ2v) is 8.11. The number of benzene rings is 1. The molecule has 1 amide bonds. The third kappa shape index (κ3) is 3.94. The van der Waals surface area contributed by atoms with Gasteiger partial charge in [-0.2, -0.15) is 0 Å². The second kappa shape index (κ2) is 7.18. The van der Waals surface area contributed by atoms with Gasteiger partial charge in [-0.25, -0.2) is 19.0 Å². The van der Waals surface area contributed by atoms with Crippen LogP contribution in [0, 0.1) is 5.92 Å². The summed E-state index contributed by atoms with van der Waals surface area (Å²) in [6.45, 7) is 0.517. The van der Waals surface area contributed by atoms with Crippen LogP contribution >= 0.6 is 0 Å². The highest BCUT2D eigenvalue weighted by Gasteiger charge is 2.40. The molecule has 1 saturated heterocycles. The van der Waals surface area contributed by atoms with Gasteiger partial charge in [0.1, 0.15) is 6.04 Å². The maximum Gasteiger partial charge on any atom is 0.238 e. The number of hydrazine groups is 1. The Balaban J connectivity index is 1.48. The molecule has 8 heteroatoms. The fourth-order valence-corrected chi connectivity index (χ4v) is 4.10. The average Bonchev–Trinajstić information content (AvgIpc) is 2.98. The number of hydrogen-bond donors (Lipinski definition) is 4. The van der Waals surface area contributed by atoms with Gasteiger partial charge in [-0.05, 0) is 37.0 Å². The summed E-state index contributed by atoms with van der Waals surface area (Å²) in [6, 6.07) is 6.65. The molecule has 0 spiro atoms. The fourth-order valence-electron chi connectivity index (χ4n) is 3.59. The minimum Gasteiger partial charge on any atom is -0.354 e. The predicted octanol–water partition coefficient (Wildman–Crippen LogP) is 0.0279. The molecule has 3 rings (SSSR count). The second-order valence-electron chi connectivity index (χ2n) is 6.55. The standard InChI is InChI=1S/C16H24N4O3S/c17-24(22,23)12-7-5-11(6-8-12)9-10-18-16(21)15-13-3-1-2-4-14(13)19-20-15/h5-8,13-15,19-20H,1-4,9-10H2,(H,18,21)(H2,17,22,23). The van der Waals surface area contributed by atoms with Crippen LogP contribution in [0.25, 0.3) is 0 Å². The molecule has 0 bridgehead atoms. The minimum atomic E-state index is -3.66. The molecule has 2 fully saturated rings. The van der Waals surface area contributed by atoms with Crippen LogP contribution < -0.4 is 21.3 Å². The van der Waals surface area contributed by atoms with Gasteiger partial charge in [-0.3, -0.25) is 10.2 Å². The van der Waals surface area contributed by atoms with Gasteiger partial charge in [0.2, 0.25) is 15.9 Å². The molecule has 5 N–H and O–H groups in total. The number of carbonyl (C=O) groups excluding carboxylic acids is 1. The van der Waals surface area contributed by atoms with Crippen molar-refractivity contribution in [2.45, 2.75) is 49.1 Å². The van der Waals surface area contributed by atoms with Gasteiger partial charge < -0.3 is 5.32 Å². The Labute approximate surface area is 142 Å². The van der Waals surface area contributed by atoms with Crippen LogP contribution in [0.3, 0.4) is 0 Å². The third-order valence-electron chi connectivity index (χ3n) is 4.92. The van der Waals surface area contributed by atoms with Gasteiger partial charge in [0, 0.05) is 18.5 Å². The number of fused-ring (bicyclic) bond motifs is 1. The zero-order valence-electron chi connectivity index (χ0n) is 13.5. The minimum absolute atomic E-state index is 0.0260. The third-order valence-corrected chi connectivity index (χ3v) is 5.85. The molecule has 3 atom stereocenters. The Morgan fingerprint density at radius 1 is 1.17 bits per heavy atom. The van der Waals surface area contributed by atoms with Gasteiger partial charge in [0.15, 0.2) is 0 Å². The summed E-state index contributed by atoms with van der Waals surface area (Å²) in [7, 11) is -3.66. The smallest absolute Gasteiger partial charge is 0.238 e. The summed E-state index contributed by atoms with van der Waals surface area (Å²) in [5, 5.41) is 8.04. The first-order valence-corrected chi connectivity index (χ1v) is 9.90. The molecule has 2 aliphatic rings. The maximum atomic E-state index is 12.4. The van der Waals surface area contributed by atoms with Gasteiger partial charge in [0.05, 0.1) is 4.90 Å². The zero-order valence-corrected chi connectivity index (χ0v) is 14.3. The summed E-state index contributed by atoms with van der Waals surface area (Å²) in [5.41, 5.74) is 7.32. The highest BCUT2D eigenvalue weighted by Crippen LogP contribution is 2.30. The van der Waals surface area contributed by atoms with Crippen molar-refractivity contribution >= 4 is 15.9 Å². The van der Waals surface area contributed by atoms with Crippen molar-refractivity contribution in [1.82, 2.24) is 16.2 Å². The van der Waals surface area contributed by atoms with Crippen LogP contribution in [0.2, 0.25) is 0 Å². The van der Waals surface area contributed by atoms with Crippen LogP contribution in [-0.4, -0.2) is 33.0 Å². The van der Waals surface area contributed by atoms with Crippen molar-refractivity contribution in [1.29, 1.82) is 0 Å². The van der Waals surface area contributed by atoms with Crippen molar-refractivity contribution in [2.24, 2.45) is 11.1 Å². The van der Waals surface area contributed by atoms with Crippen molar-refractivity contribution in [3.63, 3.8) is 0 Å². The number of sulfonamides is 1. The molecule has 1 heterocycles. The Hall–Kier alpha value is -1.48. The lowest BCUT2D eigenvalue weighted by Gasteiger charge is -2.26. The molecule has 0 aromatic heterocycles. The van der Waals surface area contributed by atoms with Crippen molar-refractivity contribution in [2.75, 3.05) is 6.54 Å². The van der Waals surface area contributed by atoms with E-state index in [2.05, 4.69) is 16.2 Å². The Morgan fingerprint density at radius 3 is 2.58 bits per heavy atom. The van der Waals surface area contributed by atoms with Crippen molar-refractivity contribution in [3.8, 4) is 0 Å². The molecule has 1 saturated carbocycles. The van der Waals surface area contributed by atoms with Gasteiger partial charge in [0.25, 0.3) is 0 Å². The lowest BCUT2D eigenvalue weighted by molar-refractivity contribution is -0.123. The van der Waals surface area contributed by atoms with E-state index in [0.29, 0.717) is 24.9 Å². The van der Waals surface area contributed by atoms with Crippen LogP contribution in [0.4, 0.5) is 0 Å². The quantitative estimate of drug-likeness (QED) is 0.597.